The van der Waals surface area contributed by atoms with Crippen molar-refractivity contribution in [1.82, 2.24) is 0 Å². The SMILES string of the molecule is NC(Cc1c(F)cccc1Br)C(F)F. The molecule has 0 saturated heterocycles. The summed E-state index contributed by atoms with van der Waals surface area (Å²) in [5, 5.41) is 0. The number of benzene rings is 1. The molecular weight excluding hydrogens is 259 g/mol. The number of nitrogens with two attached hydrogens (primary N) is 1. The first-order valence-corrected chi connectivity index (χ1v) is 4.78. The molecule has 0 fully saturated rings. The first-order chi connectivity index (χ1) is 6.52. The van der Waals surface area contributed by atoms with Crippen molar-refractivity contribution in [2.24, 2.45) is 5.73 Å². The maximum absolute atomic E-state index is 13.1. The molecule has 1 rings (SSSR count). The van der Waals surface area contributed by atoms with Gasteiger partial charge in [-0.05, 0) is 18.6 Å². The van der Waals surface area contributed by atoms with Crippen molar-refractivity contribution in [3.05, 3.63) is 34.1 Å². The van der Waals surface area contributed by atoms with E-state index in [9.17, 15) is 13.2 Å². The Balaban J connectivity index is 2.85. The van der Waals surface area contributed by atoms with E-state index in [-0.39, 0.29) is 12.0 Å². The Morgan fingerprint density at radius 2 is 2.00 bits per heavy atom. The second-order valence-electron chi connectivity index (χ2n) is 2.90. The Kier molecular flexibility index (Phi) is 3.95. The fourth-order valence-electron chi connectivity index (χ4n) is 1.05. The highest BCUT2D eigenvalue weighted by molar-refractivity contribution is 9.10. The molecule has 0 heterocycles. The lowest BCUT2D eigenvalue weighted by atomic mass is 10.1. The van der Waals surface area contributed by atoms with Gasteiger partial charge >= 0.3 is 0 Å². The molecule has 1 aromatic rings. The van der Waals surface area contributed by atoms with Crippen molar-refractivity contribution >= 4 is 15.9 Å². The highest BCUT2D eigenvalue weighted by Gasteiger charge is 2.18. The lowest BCUT2D eigenvalue weighted by Crippen LogP contribution is -2.31. The standard InChI is InChI=1S/C9H9BrF3N/c10-6-2-1-3-7(11)5(6)4-8(14)9(12)13/h1-3,8-9H,4,14H2. The van der Waals surface area contributed by atoms with Gasteiger partial charge in [0, 0.05) is 10.0 Å². The second kappa shape index (κ2) is 4.79. The Morgan fingerprint density at radius 3 is 2.50 bits per heavy atom. The predicted octanol–water partition coefficient (Wildman–Crippen LogP) is 2.72. The van der Waals surface area contributed by atoms with Gasteiger partial charge in [-0.2, -0.15) is 0 Å². The van der Waals surface area contributed by atoms with Gasteiger partial charge in [0.15, 0.2) is 0 Å². The molecule has 0 radical (unpaired) electrons. The molecule has 0 spiro atoms. The van der Waals surface area contributed by atoms with Crippen LogP contribution in [0.3, 0.4) is 0 Å². The minimum absolute atomic E-state index is 0.176. The van der Waals surface area contributed by atoms with Crippen molar-refractivity contribution in [2.45, 2.75) is 18.9 Å². The van der Waals surface area contributed by atoms with Crippen LogP contribution in [0.4, 0.5) is 13.2 Å². The molecule has 5 heteroatoms. The maximum atomic E-state index is 13.1. The quantitative estimate of drug-likeness (QED) is 0.896. The zero-order valence-electron chi connectivity index (χ0n) is 7.18. The molecule has 2 N–H and O–H groups in total. The van der Waals surface area contributed by atoms with Gasteiger partial charge < -0.3 is 5.73 Å². The van der Waals surface area contributed by atoms with Crippen LogP contribution in [0.1, 0.15) is 5.56 Å². The minimum Gasteiger partial charge on any atom is -0.323 e. The van der Waals surface area contributed by atoms with E-state index in [1.807, 2.05) is 0 Å². The largest absolute Gasteiger partial charge is 0.323 e. The summed E-state index contributed by atoms with van der Waals surface area (Å²) in [4.78, 5) is 0. The van der Waals surface area contributed by atoms with Crippen LogP contribution >= 0.6 is 15.9 Å². The number of hydrogen-bond acceptors (Lipinski definition) is 1. The van der Waals surface area contributed by atoms with Gasteiger partial charge in [0.2, 0.25) is 0 Å². The van der Waals surface area contributed by atoms with Gasteiger partial charge in [-0.25, -0.2) is 13.2 Å². The molecule has 0 bridgehead atoms. The smallest absolute Gasteiger partial charge is 0.253 e. The van der Waals surface area contributed by atoms with Crippen LogP contribution in [0.2, 0.25) is 0 Å². The summed E-state index contributed by atoms with van der Waals surface area (Å²) in [6, 6.07) is 2.98. The molecule has 1 nitrogen and oxygen atoms in total. The molecular formula is C9H9BrF3N. The number of halogens is 4. The van der Waals surface area contributed by atoms with E-state index in [4.69, 9.17) is 5.73 Å². The topological polar surface area (TPSA) is 26.0 Å². The van der Waals surface area contributed by atoms with Crippen LogP contribution in [0, 0.1) is 5.82 Å². The van der Waals surface area contributed by atoms with E-state index >= 15 is 0 Å². The minimum atomic E-state index is -2.64. The van der Waals surface area contributed by atoms with Gasteiger partial charge in [-0.1, -0.05) is 22.0 Å². The van der Waals surface area contributed by atoms with Crippen LogP contribution < -0.4 is 5.73 Å². The zero-order chi connectivity index (χ0) is 10.7. The molecule has 0 aliphatic rings. The second-order valence-corrected chi connectivity index (χ2v) is 3.76. The normalized spacial score (nSPS) is 13.3. The van der Waals surface area contributed by atoms with Crippen LogP contribution in [-0.4, -0.2) is 12.5 Å². The summed E-state index contributed by atoms with van der Waals surface area (Å²) < 4.78 is 37.8. The lowest BCUT2D eigenvalue weighted by Gasteiger charge is -2.12. The highest BCUT2D eigenvalue weighted by Crippen LogP contribution is 2.21. The lowest BCUT2D eigenvalue weighted by molar-refractivity contribution is 0.115. The van der Waals surface area contributed by atoms with E-state index in [2.05, 4.69) is 15.9 Å². The summed E-state index contributed by atoms with van der Waals surface area (Å²) in [7, 11) is 0. The van der Waals surface area contributed by atoms with E-state index in [0.717, 1.165) is 0 Å². The zero-order valence-corrected chi connectivity index (χ0v) is 8.77. The molecule has 1 atom stereocenters. The van der Waals surface area contributed by atoms with Crippen molar-refractivity contribution in [3.8, 4) is 0 Å². The van der Waals surface area contributed by atoms with Gasteiger partial charge in [0.05, 0.1) is 6.04 Å². The van der Waals surface area contributed by atoms with Crippen LogP contribution in [0.5, 0.6) is 0 Å². The van der Waals surface area contributed by atoms with Crippen molar-refractivity contribution in [1.29, 1.82) is 0 Å². The third kappa shape index (κ3) is 2.72. The van der Waals surface area contributed by atoms with Crippen molar-refractivity contribution in [2.75, 3.05) is 0 Å². The molecule has 0 aromatic heterocycles. The first-order valence-electron chi connectivity index (χ1n) is 3.99. The average molecular weight is 268 g/mol. The molecule has 1 aromatic carbocycles. The van der Waals surface area contributed by atoms with Gasteiger partial charge in [-0.15, -0.1) is 0 Å². The summed E-state index contributed by atoms with van der Waals surface area (Å²) in [5.74, 6) is -0.518. The van der Waals surface area contributed by atoms with E-state index < -0.39 is 18.3 Å². The number of alkyl halides is 2. The third-order valence-electron chi connectivity index (χ3n) is 1.83. The molecule has 1 unspecified atom stereocenters. The fourth-order valence-corrected chi connectivity index (χ4v) is 1.56. The fraction of sp³-hybridized carbons (Fsp3) is 0.333. The summed E-state index contributed by atoms with van der Waals surface area (Å²) >= 11 is 3.08. The third-order valence-corrected chi connectivity index (χ3v) is 2.57. The molecule has 78 valence electrons. The van der Waals surface area contributed by atoms with Gasteiger partial charge in [0.1, 0.15) is 5.82 Å². The van der Waals surface area contributed by atoms with Crippen molar-refractivity contribution < 1.29 is 13.2 Å². The molecule has 0 saturated carbocycles. The molecule has 14 heavy (non-hydrogen) atoms. The molecule has 0 amide bonds. The summed E-state index contributed by atoms with van der Waals surface area (Å²) in [5.41, 5.74) is 5.34. The van der Waals surface area contributed by atoms with E-state index in [0.29, 0.717) is 4.47 Å². The highest BCUT2D eigenvalue weighted by atomic mass is 79.9. The molecule has 0 aliphatic carbocycles. The van der Waals surface area contributed by atoms with Crippen molar-refractivity contribution in [3.63, 3.8) is 0 Å². The Bertz CT molecular complexity index is 297. The van der Waals surface area contributed by atoms with Crippen LogP contribution in [0.25, 0.3) is 0 Å². The van der Waals surface area contributed by atoms with E-state index in [1.165, 1.54) is 12.1 Å². The maximum Gasteiger partial charge on any atom is 0.253 e. The summed E-state index contributed by atoms with van der Waals surface area (Å²) in [6.07, 6.45) is -2.81. The van der Waals surface area contributed by atoms with E-state index in [1.54, 1.807) is 6.07 Å². The Morgan fingerprint density at radius 1 is 1.36 bits per heavy atom. The van der Waals surface area contributed by atoms with Gasteiger partial charge in [-0.3, -0.25) is 0 Å². The average Bonchev–Trinajstić information content (AvgIpc) is 2.11. The van der Waals surface area contributed by atoms with Crippen LogP contribution in [0.15, 0.2) is 22.7 Å². The number of hydrogen-bond donors (Lipinski definition) is 1. The first kappa shape index (κ1) is 11.5. The van der Waals surface area contributed by atoms with Crippen LogP contribution in [-0.2, 0) is 6.42 Å². The molecule has 0 aliphatic heterocycles. The monoisotopic (exact) mass is 267 g/mol. The van der Waals surface area contributed by atoms with Gasteiger partial charge in [0.25, 0.3) is 6.43 Å². The number of rotatable bonds is 3. The summed E-state index contributed by atoms with van der Waals surface area (Å²) in [6.45, 7) is 0. The predicted molar refractivity (Wildman–Crippen MR) is 51.8 cm³/mol. The Hall–Kier alpha value is -0.550. The Labute approximate surface area is 88.2 Å².